The molecule has 1 fully saturated rings. The van der Waals surface area contributed by atoms with Crippen LogP contribution in [0.5, 0.6) is 0 Å². The third-order valence-electron chi connectivity index (χ3n) is 10.4. The number of halogens is 4. The fourth-order valence-corrected chi connectivity index (χ4v) is 7.23. The molecule has 1 aliphatic rings. The lowest BCUT2D eigenvalue weighted by Gasteiger charge is -2.37. The maximum atomic E-state index is 16.2. The Morgan fingerprint density at radius 3 is 1.91 bits per heavy atom. The summed E-state index contributed by atoms with van der Waals surface area (Å²) in [6.07, 6.45) is 6.14. The minimum absolute atomic E-state index is 0.0432. The third kappa shape index (κ3) is 7.23. The maximum absolute atomic E-state index is 16.2. The van der Waals surface area contributed by atoms with Gasteiger partial charge in [0.1, 0.15) is 30.2 Å². The Morgan fingerprint density at radius 2 is 1.36 bits per heavy atom. The summed E-state index contributed by atoms with van der Waals surface area (Å²) in [6, 6.07) is 20.2. The summed E-state index contributed by atoms with van der Waals surface area (Å²) in [6.45, 7) is 8.45. The van der Waals surface area contributed by atoms with Gasteiger partial charge in [-0.05, 0) is 72.5 Å². The van der Waals surface area contributed by atoms with Gasteiger partial charge in [0.2, 0.25) is 0 Å². The molecule has 0 spiro atoms. The highest BCUT2D eigenvalue weighted by Gasteiger charge is 2.58. The quantitative estimate of drug-likeness (QED) is 0.140. The normalized spacial score (nSPS) is 15.4. The molecule has 0 saturated carbocycles. The van der Waals surface area contributed by atoms with Gasteiger partial charge in [-0.25, -0.2) is 22.8 Å². The summed E-state index contributed by atoms with van der Waals surface area (Å²) in [5, 5.41) is 23.4. The van der Waals surface area contributed by atoms with Gasteiger partial charge in [-0.15, -0.1) is 0 Å². The topological polar surface area (TPSA) is 110 Å². The molecule has 1 saturated heterocycles. The summed E-state index contributed by atoms with van der Waals surface area (Å²) in [7, 11) is 0. The van der Waals surface area contributed by atoms with Crippen LogP contribution in [0.4, 0.5) is 28.9 Å². The Labute approximate surface area is 315 Å². The molecule has 15 heteroatoms. The number of pyridine rings is 1. The first-order valence-electron chi connectivity index (χ1n) is 18.1. The number of hydrogen-bond donors (Lipinski definition) is 1. The van der Waals surface area contributed by atoms with Crippen molar-refractivity contribution in [1.29, 1.82) is 0 Å². The van der Waals surface area contributed by atoms with Crippen molar-refractivity contribution >= 4 is 11.4 Å². The van der Waals surface area contributed by atoms with Gasteiger partial charge >= 0.3 is 11.6 Å². The van der Waals surface area contributed by atoms with E-state index in [-0.39, 0.29) is 11.7 Å². The van der Waals surface area contributed by atoms with Crippen molar-refractivity contribution < 1.29 is 22.7 Å². The number of benzene rings is 3. The molecule has 0 aliphatic carbocycles. The molecule has 7 rings (SSSR count). The highest BCUT2D eigenvalue weighted by Crippen LogP contribution is 2.47. The number of nitrogens with zero attached hydrogens (tertiary/aromatic N) is 9. The molecule has 1 N–H and O–H groups in total. The molecule has 2 atom stereocenters. The molecule has 0 radical (unpaired) electrons. The summed E-state index contributed by atoms with van der Waals surface area (Å²) in [5.41, 5.74) is -0.839. The van der Waals surface area contributed by atoms with E-state index in [1.54, 1.807) is 15.6 Å². The van der Waals surface area contributed by atoms with E-state index < -0.39 is 41.0 Å². The predicted octanol–water partition coefficient (Wildman–Crippen LogP) is 6.58. The molecule has 6 aromatic rings. The molecule has 3 aromatic heterocycles. The van der Waals surface area contributed by atoms with Crippen LogP contribution in [0.2, 0.25) is 0 Å². The van der Waals surface area contributed by atoms with Crippen molar-refractivity contribution in [3.05, 3.63) is 137 Å². The smallest absolute Gasteiger partial charge is 0.350 e. The highest BCUT2D eigenvalue weighted by molar-refractivity contribution is 5.66. The van der Waals surface area contributed by atoms with Crippen LogP contribution in [0.3, 0.4) is 0 Å². The molecule has 11 nitrogen and oxygen atoms in total. The molecule has 1 unspecified atom stereocenters. The maximum Gasteiger partial charge on any atom is 0.350 e. The standard InChI is InChI=1S/C40H41F4N9O2/c1-4-36(27(2)3)53-38(54)51(26-48-53)33-13-11-32(12-14-33)50-21-19-49(20-22-50)31-9-5-28(6-10-31)29-7-16-37(45-24-29)40(43,44)39(55,25-52-46-17-18-47-52)34-15-8-30(41)23-35(34)42/h5-18,23-24,26-27,36,55H,4,19-22,25H2,1-3H3/t36-,39?/m0/s1. The lowest BCUT2D eigenvalue weighted by molar-refractivity contribution is -0.209. The van der Waals surface area contributed by atoms with Crippen LogP contribution < -0.4 is 15.5 Å². The number of aromatic nitrogens is 7. The van der Waals surface area contributed by atoms with Crippen LogP contribution in [0.25, 0.3) is 16.8 Å². The monoisotopic (exact) mass is 755 g/mol. The van der Waals surface area contributed by atoms with Crippen LogP contribution >= 0.6 is 0 Å². The summed E-state index contributed by atoms with van der Waals surface area (Å²) in [5.74, 6) is -6.16. The fourth-order valence-electron chi connectivity index (χ4n) is 7.23. The van der Waals surface area contributed by atoms with Crippen LogP contribution in [-0.4, -0.2) is 65.6 Å². The SMILES string of the molecule is CC[C@@H](C(C)C)n1ncn(-c2ccc(N3CCN(c4ccc(-c5ccc(C(F)(F)C(O)(Cn6nccn6)c6ccc(F)cc6F)nc5)cc4)CC3)cc2)c1=O. The van der Waals surface area contributed by atoms with Crippen molar-refractivity contribution in [2.45, 2.75) is 51.3 Å². The van der Waals surface area contributed by atoms with Crippen LogP contribution in [0, 0.1) is 17.6 Å². The van der Waals surface area contributed by atoms with Crippen molar-refractivity contribution in [1.82, 2.24) is 34.3 Å². The Balaban J connectivity index is 1.00. The summed E-state index contributed by atoms with van der Waals surface area (Å²) >= 11 is 0. The van der Waals surface area contributed by atoms with Gasteiger partial charge in [-0.3, -0.25) is 4.98 Å². The zero-order valence-corrected chi connectivity index (χ0v) is 30.6. The zero-order chi connectivity index (χ0) is 38.9. The second-order valence-corrected chi connectivity index (χ2v) is 14.0. The second-order valence-electron chi connectivity index (χ2n) is 14.0. The van der Waals surface area contributed by atoms with Gasteiger partial charge in [-0.1, -0.05) is 39.0 Å². The number of piperazine rings is 1. The minimum atomic E-state index is -4.14. The molecular weight excluding hydrogens is 714 g/mol. The Hall–Kier alpha value is -5.83. The van der Waals surface area contributed by atoms with Crippen LogP contribution in [-0.2, 0) is 18.1 Å². The van der Waals surface area contributed by atoms with Crippen molar-refractivity contribution in [2.24, 2.45) is 5.92 Å². The van der Waals surface area contributed by atoms with Crippen molar-refractivity contribution in [2.75, 3.05) is 36.0 Å². The number of aliphatic hydroxyl groups is 1. The highest BCUT2D eigenvalue weighted by atomic mass is 19.3. The number of rotatable bonds is 12. The van der Waals surface area contributed by atoms with Gasteiger partial charge in [0.05, 0.1) is 24.1 Å². The van der Waals surface area contributed by atoms with E-state index in [9.17, 15) is 18.7 Å². The first-order valence-corrected chi connectivity index (χ1v) is 18.1. The molecule has 1 aliphatic heterocycles. The number of alkyl halides is 2. The van der Waals surface area contributed by atoms with Gasteiger partial charge in [-0.2, -0.15) is 28.9 Å². The minimum Gasteiger partial charge on any atom is -0.377 e. The summed E-state index contributed by atoms with van der Waals surface area (Å²) < 4.78 is 64.1. The summed E-state index contributed by atoms with van der Waals surface area (Å²) in [4.78, 5) is 22.5. The third-order valence-corrected chi connectivity index (χ3v) is 10.4. The van der Waals surface area contributed by atoms with E-state index in [0.717, 1.165) is 78.2 Å². The van der Waals surface area contributed by atoms with E-state index in [0.29, 0.717) is 17.5 Å². The molecule has 4 heterocycles. The average molecular weight is 756 g/mol. The largest absolute Gasteiger partial charge is 0.377 e. The van der Waals surface area contributed by atoms with Crippen molar-refractivity contribution in [3.63, 3.8) is 0 Å². The lowest BCUT2D eigenvalue weighted by atomic mass is 9.84. The Kier molecular flexibility index (Phi) is 10.3. The van der Waals surface area contributed by atoms with E-state index in [2.05, 4.69) is 50.9 Å². The predicted molar refractivity (Wildman–Crippen MR) is 200 cm³/mol. The second kappa shape index (κ2) is 15.1. The van der Waals surface area contributed by atoms with Gasteiger partial charge in [0.25, 0.3) is 0 Å². The number of hydrogen-bond acceptors (Lipinski definition) is 8. The first kappa shape index (κ1) is 37.5. The van der Waals surface area contributed by atoms with Crippen LogP contribution in [0.1, 0.15) is 44.5 Å². The van der Waals surface area contributed by atoms with E-state index in [1.807, 2.05) is 48.5 Å². The lowest BCUT2D eigenvalue weighted by Crippen LogP contribution is -2.48. The van der Waals surface area contributed by atoms with Gasteiger partial charge in [0.15, 0.2) is 5.60 Å². The van der Waals surface area contributed by atoms with Gasteiger partial charge < -0.3 is 14.9 Å². The first-order chi connectivity index (χ1) is 26.4. The number of anilines is 2. The molecular formula is C40H41F4N9O2. The molecule has 55 heavy (non-hydrogen) atoms. The Morgan fingerprint density at radius 1 is 0.782 bits per heavy atom. The molecule has 3 aromatic carbocycles. The van der Waals surface area contributed by atoms with Crippen LogP contribution in [0.15, 0.2) is 109 Å². The molecule has 286 valence electrons. The zero-order valence-electron chi connectivity index (χ0n) is 30.6. The fraction of sp³-hybridized carbons (Fsp3) is 0.325. The Bertz CT molecular complexity index is 2270. The van der Waals surface area contributed by atoms with Gasteiger partial charge in [0, 0.05) is 60.9 Å². The molecule has 0 bridgehead atoms. The van der Waals surface area contributed by atoms with Crippen molar-refractivity contribution in [3.8, 4) is 16.8 Å². The average Bonchev–Trinajstić information content (AvgIpc) is 3.84. The van der Waals surface area contributed by atoms with E-state index in [4.69, 9.17) is 0 Å². The van der Waals surface area contributed by atoms with E-state index in [1.165, 1.54) is 24.7 Å². The van der Waals surface area contributed by atoms with E-state index >= 15 is 8.78 Å². The molecule has 0 amide bonds.